The molecule has 1 aliphatic rings. The van der Waals surface area contributed by atoms with Crippen molar-refractivity contribution in [2.24, 2.45) is 7.05 Å². The Bertz CT molecular complexity index is 1040. The number of imidazole rings is 1. The number of nitrogens with one attached hydrogen (secondary N) is 1. The molecule has 1 fully saturated rings. The number of benzene rings is 2. The molecule has 1 aromatic heterocycles. The van der Waals surface area contributed by atoms with Crippen LogP contribution in [0.25, 0.3) is 11.0 Å². The molecule has 1 amide bonds. The van der Waals surface area contributed by atoms with Gasteiger partial charge in [-0.15, -0.1) is 0 Å². The second-order valence-electron chi connectivity index (χ2n) is 7.06. The topological polar surface area (TPSA) is 67.3 Å². The summed E-state index contributed by atoms with van der Waals surface area (Å²) in [6.07, 6.45) is 1.87. The fraction of sp³-hybridized carbons (Fsp3) is 0.333. The number of H-pyrrole nitrogens is 1. The minimum Gasteiger partial charge on any atom is -0.497 e. The number of rotatable bonds is 3. The van der Waals surface area contributed by atoms with Crippen molar-refractivity contribution in [3.8, 4) is 5.75 Å². The van der Waals surface area contributed by atoms with Gasteiger partial charge in [-0.3, -0.25) is 9.36 Å². The number of hydrogen-bond acceptors (Lipinski definition) is 3. The van der Waals surface area contributed by atoms with Gasteiger partial charge < -0.3 is 14.6 Å². The van der Waals surface area contributed by atoms with E-state index >= 15 is 0 Å². The molecule has 0 bridgehead atoms. The van der Waals surface area contributed by atoms with Crippen molar-refractivity contribution in [3.63, 3.8) is 0 Å². The van der Waals surface area contributed by atoms with Gasteiger partial charge in [0.15, 0.2) is 0 Å². The Labute approximate surface area is 157 Å². The normalized spacial score (nSPS) is 15.3. The van der Waals surface area contributed by atoms with E-state index in [0.29, 0.717) is 17.0 Å². The van der Waals surface area contributed by atoms with Gasteiger partial charge in [0, 0.05) is 25.7 Å². The summed E-state index contributed by atoms with van der Waals surface area (Å²) in [5.74, 6) is 1.33. The molecular weight excluding hydrogens is 342 g/mol. The van der Waals surface area contributed by atoms with E-state index < -0.39 is 0 Å². The van der Waals surface area contributed by atoms with Crippen LogP contribution in [-0.2, 0) is 7.05 Å². The number of carbonyl (C=O) groups is 1. The number of aryl methyl sites for hydroxylation is 1. The summed E-state index contributed by atoms with van der Waals surface area (Å²) in [6, 6.07) is 13.6. The van der Waals surface area contributed by atoms with Crippen LogP contribution in [0.4, 0.5) is 0 Å². The number of aromatic nitrogens is 2. The Hall–Kier alpha value is -3.02. The minimum absolute atomic E-state index is 0.0192. The third kappa shape index (κ3) is 3.23. The van der Waals surface area contributed by atoms with Crippen molar-refractivity contribution in [2.45, 2.75) is 18.8 Å². The number of amides is 1. The van der Waals surface area contributed by atoms with E-state index in [0.717, 1.165) is 37.2 Å². The molecule has 0 unspecified atom stereocenters. The van der Waals surface area contributed by atoms with Crippen LogP contribution in [0.5, 0.6) is 5.75 Å². The second-order valence-corrected chi connectivity index (χ2v) is 7.06. The van der Waals surface area contributed by atoms with Gasteiger partial charge in [0.1, 0.15) is 5.75 Å². The Morgan fingerprint density at radius 2 is 1.93 bits per heavy atom. The smallest absolute Gasteiger partial charge is 0.326 e. The lowest BCUT2D eigenvalue weighted by Gasteiger charge is -2.32. The van der Waals surface area contributed by atoms with Gasteiger partial charge in [0.2, 0.25) is 0 Å². The first-order chi connectivity index (χ1) is 13.1. The van der Waals surface area contributed by atoms with E-state index in [4.69, 9.17) is 4.74 Å². The van der Waals surface area contributed by atoms with Gasteiger partial charge in [-0.05, 0) is 54.7 Å². The van der Waals surface area contributed by atoms with Crippen LogP contribution < -0.4 is 10.4 Å². The van der Waals surface area contributed by atoms with Crippen LogP contribution in [0.3, 0.4) is 0 Å². The fourth-order valence-corrected chi connectivity index (χ4v) is 3.86. The molecule has 6 heteroatoms. The zero-order valence-electron chi connectivity index (χ0n) is 15.6. The van der Waals surface area contributed by atoms with Crippen LogP contribution in [0.2, 0.25) is 0 Å². The molecule has 0 spiro atoms. The van der Waals surface area contributed by atoms with Gasteiger partial charge in [0.05, 0.1) is 18.1 Å². The number of methoxy groups -OCH3 is 1. The molecule has 0 saturated carbocycles. The molecule has 0 atom stereocenters. The van der Waals surface area contributed by atoms with Gasteiger partial charge in [-0.1, -0.05) is 12.1 Å². The van der Waals surface area contributed by atoms with Crippen molar-refractivity contribution in [2.75, 3.05) is 20.2 Å². The predicted octanol–water partition coefficient (Wildman–Crippen LogP) is 2.90. The number of nitrogens with zero attached hydrogens (tertiary/aromatic N) is 2. The molecule has 1 N–H and O–H groups in total. The molecule has 3 aromatic rings. The molecule has 0 radical (unpaired) electrons. The molecule has 1 saturated heterocycles. The summed E-state index contributed by atoms with van der Waals surface area (Å²) in [5.41, 5.74) is 3.20. The number of ether oxygens (including phenoxy) is 1. The van der Waals surface area contributed by atoms with E-state index in [1.165, 1.54) is 5.56 Å². The van der Waals surface area contributed by atoms with Gasteiger partial charge >= 0.3 is 5.69 Å². The lowest BCUT2D eigenvalue weighted by molar-refractivity contribution is 0.0713. The van der Waals surface area contributed by atoms with E-state index in [9.17, 15) is 9.59 Å². The maximum atomic E-state index is 12.9. The maximum Gasteiger partial charge on any atom is 0.326 e. The maximum absolute atomic E-state index is 12.9. The Morgan fingerprint density at radius 3 is 2.67 bits per heavy atom. The molecule has 6 nitrogen and oxygen atoms in total. The summed E-state index contributed by atoms with van der Waals surface area (Å²) in [5, 5.41) is 0. The molecule has 140 valence electrons. The van der Waals surface area contributed by atoms with Crippen LogP contribution in [-0.4, -0.2) is 40.6 Å². The zero-order valence-corrected chi connectivity index (χ0v) is 15.6. The second kappa shape index (κ2) is 6.95. The highest BCUT2D eigenvalue weighted by Crippen LogP contribution is 2.30. The van der Waals surface area contributed by atoms with Gasteiger partial charge in [-0.25, -0.2) is 4.79 Å². The summed E-state index contributed by atoms with van der Waals surface area (Å²) in [4.78, 5) is 29.3. The molecule has 2 heterocycles. The highest BCUT2D eigenvalue weighted by atomic mass is 16.5. The molecule has 2 aromatic carbocycles. The van der Waals surface area contributed by atoms with Crippen molar-refractivity contribution < 1.29 is 9.53 Å². The number of hydrogen-bond donors (Lipinski definition) is 1. The molecule has 1 aliphatic heterocycles. The number of carbonyl (C=O) groups excluding carboxylic acids is 1. The van der Waals surface area contributed by atoms with Gasteiger partial charge in [-0.2, -0.15) is 0 Å². The monoisotopic (exact) mass is 365 g/mol. The fourth-order valence-electron chi connectivity index (χ4n) is 3.86. The quantitative estimate of drug-likeness (QED) is 0.776. The zero-order chi connectivity index (χ0) is 19.0. The van der Waals surface area contributed by atoms with Crippen LogP contribution in [0.15, 0.2) is 47.3 Å². The SMILES string of the molecule is COc1cccc(C2CCN(C(=O)c3ccc4c(c3)[nH]c(=O)n4C)CC2)c1. The first-order valence-corrected chi connectivity index (χ1v) is 9.19. The Balaban J connectivity index is 1.47. The predicted molar refractivity (Wildman–Crippen MR) is 104 cm³/mol. The highest BCUT2D eigenvalue weighted by Gasteiger charge is 2.25. The van der Waals surface area contributed by atoms with E-state index in [1.807, 2.05) is 23.1 Å². The summed E-state index contributed by atoms with van der Waals surface area (Å²) >= 11 is 0. The summed E-state index contributed by atoms with van der Waals surface area (Å²) in [6.45, 7) is 1.45. The van der Waals surface area contributed by atoms with Crippen LogP contribution in [0, 0.1) is 0 Å². The number of piperidine rings is 1. The average Bonchev–Trinajstić information content (AvgIpc) is 3.00. The van der Waals surface area contributed by atoms with E-state index in [2.05, 4.69) is 17.1 Å². The number of fused-ring (bicyclic) bond motifs is 1. The van der Waals surface area contributed by atoms with Gasteiger partial charge in [0.25, 0.3) is 5.91 Å². The molecule has 27 heavy (non-hydrogen) atoms. The third-order valence-electron chi connectivity index (χ3n) is 5.50. The minimum atomic E-state index is -0.172. The van der Waals surface area contributed by atoms with E-state index in [-0.39, 0.29) is 11.6 Å². The number of likely N-dealkylation sites (tertiary alicyclic amines) is 1. The first kappa shape index (κ1) is 17.4. The van der Waals surface area contributed by atoms with Crippen LogP contribution in [0.1, 0.15) is 34.7 Å². The van der Waals surface area contributed by atoms with Crippen molar-refractivity contribution in [3.05, 3.63) is 64.1 Å². The van der Waals surface area contributed by atoms with Crippen LogP contribution >= 0.6 is 0 Å². The molecule has 4 rings (SSSR count). The Morgan fingerprint density at radius 1 is 1.15 bits per heavy atom. The van der Waals surface area contributed by atoms with Crippen molar-refractivity contribution in [1.82, 2.24) is 14.5 Å². The first-order valence-electron chi connectivity index (χ1n) is 9.19. The third-order valence-corrected chi connectivity index (χ3v) is 5.50. The summed E-state index contributed by atoms with van der Waals surface area (Å²) in [7, 11) is 3.39. The molecule has 0 aliphatic carbocycles. The average molecular weight is 365 g/mol. The van der Waals surface area contributed by atoms with E-state index in [1.54, 1.807) is 30.9 Å². The van der Waals surface area contributed by atoms with Crippen molar-refractivity contribution in [1.29, 1.82) is 0 Å². The highest BCUT2D eigenvalue weighted by molar-refractivity contribution is 5.97. The van der Waals surface area contributed by atoms with Crippen molar-refractivity contribution >= 4 is 16.9 Å². The number of aromatic amines is 1. The standard InChI is InChI=1S/C21H23N3O3/c1-23-19-7-6-16(13-18(19)22-21(23)26)20(25)24-10-8-14(9-11-24)15-4-3-5-17(12-15)27-2/h3-7,12-14H,8-11H2,1-2H3,(H,22,26). The Kier molecular flexibility index (Phi) is 4.48. The largest absolute Gasteiger partial charge is 0.497 e. The molecular formula is C21H23N3O3. The summed E-state index contributed by atoms with van der Waals surface area (Å²) < 4.78 is 6.86. The lowest BCUT2D eigenvalue weighted by atomic mass is 9.89. The lowest BCUT2D eigenvalue weighted by Crippen LogP contribution is -2.37.